The number of carboxylic acids is 1. The molecule has 2 aliphatic rings. The van der Waals surface area contributed by atoms with Crippen LogP contribution in [-0.4, -0.2) is 58.1 Å². The van der Waals surface area contributed by atoms with Gasteiger partial charge in [0.1, 0.15) is 17.7 Å². The Hall–Kier alpha value is -4.43. The first-order valence-electron chi connectivity index (χ1n) is 16.9. The van der Waals surface area contributed by atoms with E-state index >= 15 is 0 Å². The fraction of sp³-hybridized carbons (Fsp3) is 0.395. The largest absolute Gasteiger partial charge is 0.481 e. The molecule has 0 aliphatic heterocycles. The van der Waals surface area contributed by atoms with Gasteiger partial charge in [-0.2, -0.15) is 18.2 Å². The molecule has 2 aromatic carbocycles. The van der Waals surface area contributed by atoms with Gasteiger partial charge in [-0.05, 0) is 68.4 Å². The molecule has 1 saturated carbocycles. The molecule has 52 heavy (non-hydrogen) atoms. The van der Waals surface area contributed by atoms with E-state index in [4.69, 9.17) is 30.8 Å². The molecule has 2 heterocycles. The van der Waals surface area contributed by atoms with Gasteiger partial charge in [0.25, 0.3) is 0 Å². The number of benzene rings is 2. The topological polar surface area (TPSA) is 135 Å². The average Bonchev–Trinajstić information content (AvgIpc) is 3.51. The number of nitrogens with one attached hydrogen (secondary N) is 2. The van der Waals surface area contributed by atoms with Crippen LogP contribution in [0.3, 0.4) is 0 Å². The minimum atomic E-state index is -4.80. The van der Waals surface area contributed by atoms with Crippen molar-refractivity contribution in [2.75, 3.05) is 14.2 Å². The number of aromatic nitrogens is 2. The van der Waals surface area contributed by atoms with Crippen LogP contribution in [0.2, 0.25) is 5.02 Å². The number of hydrogen-bond acceptors (Lipinski definition) is 9. The van der Waals surface area contributed by atoms with Crippen LogP contribution in [0.5, 0.6) is 17.6 Å². The lowest BCUT2D eigenvalue weighted by Gasteiger charge is -2.41. The van der Waals surface area contributed by atoms with Gasteiger partial charge in [0, 0.05) is 41.4 Å². The van der Waals surface area contributed by atoms with Crippen molar-refractivity contribution in [2.45, 2.75) is 82.6 Å². The number of halogens is 4. The summed E-state index contributed by atoms with van der Waals surface area (Å²) < 4.78 is 60.0. The minimum absolute atomic E-state index is 0.0428. The molecule has 6 rings (SSSR count). The van der Waals surface area contributed by atoms with Gasteiger partial charge < -0.3 is 35.1 Å². The van der Waals surface area contributed by atoms with E-state index < -0.39 is 41.3 Å². The van der Waals surface area contributed by atoms with Gasteiger partial charge in [0.15, 0.2) is 0 Å². The van der Waals surface area contributed by atoms with Crippen molar-refractivity contribution in [3.05, 3.63) is 87.4 Å². The first-order valence-corrected chi connectivity index (χ1v) is 17.3. The summed E-state index contributed by atoms with van der Waals surface area (Å²) in [6.45, 7) is 3.53. The molecule has 10 nitrogen and oxygen atoms in total. The Morgan fingerprint density at radius 3 is 2.33 bits per heavy atom. The summed E-state index contributed by atoms with van der Waals surface area (Å²) in [7, 11) is 2.84. The third-order valence-electron chi connectivity index (χ3n) is 9.61. The lowest BCUT2D eigenvalue weighted by atomic mass is 9.77. The second-order valence-electron chi connectivity index (χ2n) is 13.5. The fourth-order valence-electron chi connectivity index (χ4n) is 6.86. The van der Waals surface area contributed by atoms with Crippen LogP contribution < -0.4 is 24.8 Å². The molecule has 2 aliphatic carbocycles. The van der Waals surface area contributed by atoms with Crippen molar-refractivity contribution in [1.29, 1.82) is 0 Å². The highest BCUT2D eigenvalue weighted by molar-refractivity contribution is 6.36. The number of nitrogens with zero attached hydrogens (tertiary/aromatic N) is 2. The van der Waals surface area contributed by atoms with Crippen molar-refractivity contribution in [1.82, 2.24) is 20.6 Å². The molecule has 14 heteroatoms. The number of carbonyl (C=O) groups is 1. The molecule has 0 radical (unpaired) electrons. The van der Waals surface area contributed by atoms with Crippen LogP contribution in [0, 0.1) is 0 Å². The number of aliphatic carboxylic acids is 1. The van der Waals surface area contributed by atoms with Crippen LogP contribution >= 0.6 is 11.6 Å². The predicted molar refractivity (Wildman–Crippen MR) is 189 cm³/mol. The number of hydrogen-bond donors (Lipinski definition) is 4. The van der Waals surface area contributed by atoms with E-state index in [2.05, 4.69) is 15.6 Å². The fourth-order valence-corrected chi connectivity index (χ4v) is 7.19. The molecule has 2 atom stereocenters. The van der Waals surface area contributed by atoms with Crippen molar-refractivity contribution in [3.63, 3.8) is 0 Å². The summed E-state index contributed by atoms with van der Waals surface area (Å²) >= 11 is 7.08. The first-order chi connectivity index (χ1) is 24.7. The normalized spacial score (nSPS) is 20.2. The molecule has 0 bridgehead atoms. The zero-order valence-electron chi connectivity index (χ0n) is 29.1. The molecule has 4 aromatic rings. The van der Waals surface area contributed by atoms with E-state index in [1.807, 2.05) is 55.5 Å². The molecule has 4 N–H and O–H groups in total. The number of rotatable bonds is 13. The van der Waals surface area contributed by atoms with Crippen molar-refractivity contribution >= 4 is 17.6 Å². The van der Waals surface area contributed by atoms with Crippen LogP contribution in [0.25, 0.3) is 22.4 Å². The Balaban J connectivity index is 1.26. The minimum Gasteiger partial charge on any atom is -0.481 e. The van der Waals surface area contributed by atoms with Crippen LogP contribution in [-0.2, 0) is 30.5 Å². The summed E-state index contributed by atoms with van der Waals surface area (Å²) in [5.74, 6) is -1.42. The number of fused-ring (bicyclic) bond motifs is 1. The molecule has 0 saturated heterocycles. The number of ether oxygens (including phenoxy) is 3. The maximum atomic E-state index is 14.3. The average molecular weight is 741 g/mol. The molecule has 1 fully saturated rings. The highest BCUT2D eigenvalue weighted by Crippen LogP contribution is 2.46. The molecule has 276 valence electrons. The van der Waals surface area contributed by atoms with Crippen LogP contribution in [0.1, 0.15) is 67.0 Å². The number of aliphatic hydroxyl groups is 1. The lowest BCUT2D eigenvalue weighted by molar-refractivity contribution is -0.140. The molecule has 0 spiro atoms. The van der Waals surface area contributed by atoms with E-state index in [0.717, 1.165) is 33.9 Å². The van der Waals surface area contributed by atoms with Gasteiger partial charge in [0.05, 0.1) is 30.5 Å². The van der Waals surface area contributed by atoms with Crippen LogP contribution in [0.4, 0.5) is 13.2 Å². The van der Waals surface area contributed by atoms with Gasteiger partial charge >= 0.3 is 12.1 Å². The Morgan fingerprint density at radius 1 is 0.981 bits per heavy atom. The summed E-state index contributed by atoms with van der Waals surface area (Å²) in [4.78, 5) is 20.1. The van der Waals surface area contributed by atoms with Crippen molar-refractivity contribution in [2.24, 2.45) is 0 Å². The molecular weight excluding hydrogens is 701 g/mol. The van der Waals surface area contributed by atoms with E-state index in [-0.39, 0.29) is 24.0 Å². The highest BCUT2D eigenvalue weighted by atomic mass is 35.5. The zero-order valence-corrected chi connectivity index (χ0v) is 29.9. The Kier molecular flexibility index (Phi) is 10.7. The van der Waals surface area contributed by atoms with E-state index in [1.54, 1.807) is 7.11 Å². The van der Waals surface area contributed by atoms with Gasteiger partial charge in [-0.3, -0.25) is 4.79 Å². The summed E-state index contributed by atoms with van der Waals surface area (Å²) in [5.41, 5.74) is 3.69. The van der Waals surface area contributed by atoms with Crippen molar-refractivity contribution in [3.8, 4) is 40.0 Å². The van der Waals surface area contributed by atoms with Gasteiger partial charge in [-0.1, -0.05) is 54.1 Å². The third kappa shape index (κ3) is 7.82. The molecule has 0 unspecified atom stereocenters. The highest BCUT2D eigenvalue weighted by Gasteiger charge is 2.39. The Labute approximate surface area is 304 Å². The maximum absolute atomic E-state index is 14.3. The third-order valence-corrected chi connectivity index (χ3v) is 10.0. The number of pyridine rings is 2. The summed E-state index contributed by atoms with van der Waals surface area (Å²) in [6, 6.07) is 15.1. The summed E-state index contributed by atoms with van der Waals surface area (Å²) in [5, 5.41) is 25.8. The maximum Gasteiger partial charge on any atom is 0.421 e. The van der Waals surface area contributed by atoms with Crippen molar-refractivity contribution < 1.29 is 42.4 Å². The SMILES string of the molecule is COc1nc(-c2cccc(-c3cccc4c3CC[C@@H]4Oc3nc(OC)c(CN[C@@H](C)C(=O)O)cc3C(F)(F)F)c2Cl)ccc1CNC1CC(C)(O)C1. The molecular formula is C38H40ClF3N4O6. The monoisotopic (exact) mass is 740 g/mol. The first kappa shape index (κ1) is 37.3. The second kappa shape index (κ2) is 14.9. The quantitative estimate of drug-likeness (QED) is 0.112. The molecule has 2 aromatic heterocycles. The zero-order chi connectivity index (χ0) is 37.4. The van der Waals surface area contributed by atoms with E-state index in [9.17, 15) is 28.2 Å². The van der Waals surface area contributed by atoms with Gasteiger partial charge in [0.2, 0.25) is 17.6 Å². The Morgan fingerprint density at radius 2 is 1.65 bits per heavy atom. The second-order valence-corrected chi connectivity index (χ2v) is 13.9. The van der Waals surface area contributed by atoms with Gasteiger partial charge in [-0.25, -0.2) is 4.98 Å². The standard InChI is InChI=1S/C38H40ClF3N4O6/c1-20(36(47)48)43-19-22-15-29(38(40,41)42)35(46-34(22)51-4)52-31-14-12-25-24(7-5-8-26(25)31)27-9-6-10-28(32(27)39)30-13-11-21(33(45-30)50-3)18-44-23-16-37(2,49)17-23/h5-11,13,15,20,23,31,43-44,49H,12,14,16-19H2,1-4H3,(H,47,48)/t20-,23?,31-,37?/m0/s1. The Bertz CT molecular complexity index is 1970. The van der Waals surface area contributed by atoms with Crippen LogP contribution in [0.15, 0.2) is 54.6 Å². The van der Waals surface area contributed by atoms with E-state index in [0.29, 0.717) is 54.4 Å². The summed E-state index contributed by atoms with van der Waals surface area (Å²) in [6.07, 6.45) is -3.25. The number of carboxylic acid groups (broad SMARTS) is 1. The lowest BCUT2D eigenvalue weighted by Crippen LogP contribution is -2.51. The number of methoxy groups -OCH3 is 2. The smallest absolute Gasteiger partial charge is 0.421 e. The van der Waals surface area contributed by atoms with E-state index in [1.165, 1.54) is 14.0 Å². The molecule has 0 amide bonds. The predicted octanol–water partition coefficient (Wildman–Crippen LogP) is 7.13. The van der Waals surface area contributed by atoms with Gasteiger partial charge in [-0.15, -0.1) is 0 Å². The number of alkyl halides is 3.